The predicted molar refractivity (Wildman–Crippen MR) is 95.8 cm³/mol. The zero-order valence-electron chi connectivity index (χ0n) is 12.9. The molecule has 1 aliphatic rings. The van der Waals surface area contributed by atoms with Gasteiger partial charge in [0.25, 0.3) is 0 Å². The second-order valence-electron chi connectivity index (χ2n) is 5.97. The second kappa shape index (κ2) is 7.16. The molecule has 0 saturated carbocycles. The van der Waals surface area contributed by atoms with Crippen LogP contribution >= 0.6 is 15.9 Å². The highest BCUT2D eigenvalue weighted by Gasteiger charge is 2.30. The average Bonchev–Trinajstić information content (AvgIpc) is 2.56. The summed E-state index contributed by atoms with van der Waals surface area (Å²) in [4.78, 5) is 0.363. The van der Waals surface area contributed by atoms with E-state index >= 15 is 0 Å². The minimum absolute atomic E-state index is 0.363. The predicted octanol–water partition coefficient (Wildman–Crippen LogP) is 4.09. The van der Waals surface area contributed by atoms with Crippen LogP contribution in [0.5, 0.6) is 0 Å². The second-order valence-corrected chi connectivity index (χ2v) is 8.73. The van der Waals surface area contributed by atoms with Crippen LogP contribution in [-0.2, 0) is 16.4 Å². The van der Waals surface area contributed by atoms with Gasteiger partial charge in [-0.15, -0.1) is 0 Å². The van der Waals surface area contributed by atoms with Gasteiger partial charge in [0.2, 0.25) is 10.0 Å². The van der Waals surface area contributed by atoms with Crippen molar-refractivity contribution in [2.45, 2.75) is 24.2 Å². The molecule has 0 aliphatic carbocycles. The van der Waals surface area contributed by atoms with Crippen LogP contribution in [0.2, 0.25) is 0 Å². The molecule has 1 fully saturated rings. The van der Waals surface area contributed by atoms with Gasteiger partial charge in [-0.3, -0.25) is 0 Å². The minimum Gasteiger partial charge on any atom is -0.207 e. The van der Waals surface area contributed by atoms with Crippen LogP contribution in [0.1, 0.15) is 18.4 Å². The normalized spacial score (nSPS) is 17.3. The largest absolute Gasteiger partial charge is 0.244 e. The molecule has 1 saturated heterocycles. The summed E-state index contributed by atoms with van der Waals surface area (Å²) < 4.78 is 27.8. The van der Waals surface area contributed by atoms with E-state index in [-0.39, 0.29) is 0 Å². The Morgan fingerprint density at radius 2 is 1.57 bits per heavy atom. The van der Waals surface area contributed by atoms with Gasteiger partial charge in [0.05, 0.1) is 4.90 Å². The number of hydrogen-bond acceptors (Lipinski definition) is 2. The van der Waals surface area contributed by atoms with Gasteiger partial charge < -0.3 is 0 Å². The molecule has 0 amide bonds. The summed E-state index contributed by atoms with van der Waals surface area (Å²) in [6.07, 6.45) is 2.86. The van der Waals surface area contributed by atoms with Crippen molar-refractivity contribution in [1.82, 2.24) is 4.31 Å². The van der Waals surface area contributed by atoms with Crippen LogP contribution in [0.3, 0.4) is 0 Å². The van der Waals surface area contributed by atoms with Gasteiger partial charge in [0, 0.05) is 17.6 Å². The molecule has 1 aliphatic heterocycles. The molecule has 0 atom stereocenters. The lowest BCUT2D eigenvalue weighted by Gasteiger charge is -2.31. The van der Waals surface area contributed by atoms with E-state index in [1.807, 2.05) is 12.1 Å². The molecule has 0 spiro atoms. The Bertz CT molecular complexity index is 754. The number of hydrogen-bond donors (Lipinski definition) is 0. The molecule has 0 radical (unpaired) electrons. The van der Waals surface area contributed by atoms with Crippen molar-refractivity contribution in [3.05, 3.63) is 64.6 Å². The SMILES string of the molecule is O=S(=O)(c1ccccc1Br)N1CCC(Cc2ccccc2)CC1. The Labute approximate surface area is 146 Å². The maximum absolute atomic E-state index is 12.8. The lowest BCUT2D eigenvalue weighted by Crippen LogP contribution is -2.39. The van der Waals surface area contributed by atoms with Crippen LogP contribution in [-0.4, -0.2) is 25.8 Å². The number of halogens is 1. The first kappa shape index (κ1) is 16.7. The fraction of sp³-hybridized carbons (Fsp3) is 0.333. The van der Waals surface area contributed by atoms with Crippen LogP contribution < -0.4 is 0 Å². The number of benzene rings is 2. The van der Waals surface area contributed by atoms with Gasteiger partial charge in [0.15, 0.2) is 0 Å². The van der Waals surface area contributed by atoms with E-state index in [1.165, 1.54) is 5.56 Å². The molecule has 122 valence electrons. The Morgan fingerprint density at radius 1 is 0.957 bits per heavy atom. The highest BCUT2D eigenvalue weighted by Crippen LogP contribution is 2.29. The van der Waals surface area contributed by atoms with E-state index in [2.05, 4.69) is 40.2 Å². The first-order valence-corrected chi connectivity index (χ1v) is 10.1. The van der Waals surface area contributed by atoms with Gasteiger partial charge in [0.1, 0.15) is 0 Å². The van der Waals surface area contributed by atoms with Gasteiger partial charge in [-0.25, -0.2) is 8.42 Å². The Kier molecular flexibility index (Phi) is 5.19. The van der Waals surface area contributed by atoms with E-state index in [0.717, 1.165) is 19.3 Å². The van der Waals surface area contributed by atoms with E-state index in [9.17, 15) is 8.42 Å². The van der Waals surface area contributed by atoms with Gasteiger partial charge in [-0.1, -0.05) is 42.5 Å². The Morgan fingerprint density at radius 3 is 2.22 bits per heavy atom. The van der Waals surface area contributed by atoms with E-state index in [0.29, 0.717) is 28.4 Å². The van der Waals surface area contributed by atoms with Crippen LogP contribution in [0.25, 0.3) is 0 Å². The molecule has 2 aromatic carbocycles. The van der Waals surface area contributed by atoms with Crippen molar-refractivity contribution in [2.24, 2.45) is 5.92 Å². The minimum atomic E-state index is -3.40. The fourth-order valence-electron chi connectivity index (χ4n) is 3.09. The third kappa shape index (κ3) is 3.84. The molecule has 0 bridgehead atoms. The van der Waals surface area contributed by atoms with E-state index in [4.69, 9.17) is 0 Å². The summed E-state index contributed by atoms with van der Waals surface area (Å²) in [6, 6.07) is 17.5. The van der Waals surface area contributed by atoms with Gasteiger partial charge in [-0.05, 0) is 58.8 Å². The Hall–Kier alpha value is -1.17. The van der Waals surface area contributed by atoms with Crippen molar-refractivity contribution < 1.29 is 8.42 Å². The molecule has 23 heavy (non-hydrogen) atoms. The van der Waals surface area contributed by atoms with E-state index < -0.39 is 10.0 Å². The molecular weight excluding hydrogens is 374 g/mol. The van der Waals surface area contributed by atoms with Crippen molar-refractivity contribution >= 4 is 26.0 Å². The lowest BCUT2D eigenvalue weighted by molar-refractivity contribution is 0.273. The quantitative estimate of drug-likeness (QED) is 0.783. The van der Waals surface area contributed by atoms with E-state index in [1.54, 1.807) is 22.5 Å². The molecular formula is C18H20BrNO2S. The standard InChI is InChI=1S/C18H20BrNO2S/c19-17-8-4-5-9-18(17)23(21,22)20-12-10-16(11-13-20)14-15-6-2-1-3-7-15/h1-9,16H,10-14H2. The van der Waals surface area contributed by atoms with Gasteiger partial charge in [-0.2, -0.15) is 4.31 Å². The van der Waals surface area contributed by atoms with Crippen LogP contribution in [0, 0.1) is 5.92 Å². The topological polar surface area (TPSA) is 37.4 Å². The molecule has 0 N–H and O–H groups in total. The highest BCUT2D eigenvalue weighted by molar-refractivity contribution is 9.10. The first-order valence-electron chi connectivity index (χ1n) is 7.86. The average molecular weight is 394 g/mol. The maximum Gasteiger partial charge on any atom is 0.244 e. The van der Waals surface area contributed by atoms with Gasteiger partial charge >= 0.3 is 0 Å². The van der Waals surface area contributed by atoms with Crippen molar-refractivity contribution in [1.29, 1.82) is 0 Å². The Balaban J connectivity index is 1.66. The summed E-state index contributed by atoms with van der Waals surface area (Å²) in [5.74, 6) is 0.558. The summed E-state index contributed by atoms with van der Waals surface area (Å²) in [5.41, 5.74) is 1.33. The lowest BCUT2D eigenvalue weighted by atomic mass is 9.91. The van der Waals surface area contributed by atoms with Crippen molar-refractivity contribution in [2.75, 3.05) is 13.1 Å². The summed E-state index contributed by atoms with van der Waals surface area (Å²) in [7, 11) is -3.40. The monoisotopic (exact) mass is 393 g/mol. The maximum atomic E-state index is 12.8. The summed E-state index contributed by atoms with van der Waals surface area (Å²) in [5, 5.41) is 0. The zero-order chi connectivity index (χ0) is 16.3. The molecule has 0 aromatic heterocycles. The number of rotatable bonds is 4. The summed E-state index contributed by atoms with van der Waals surface area (Å²) in [6.45, 7) is 1.20. The van der Waals surface area contributed by atoms with Crippen LogP contribution in [0.4, 0.5) is 0 Å². The van der Waals surface area contributed by atoms with Crippen LogP contribution in [0.15, 0.2) is 64.0 Å². The molecule has 2 aromatic rings. The fourth-order valence-corrected chi connectivity index (χ4v) is 5.53. The number of nitrogens with zero attached hydrogens (tertiary/aromatic N) is 1. The third-order valence-corrected chi connectivity index (χ3v) is 7.31. The summed E-state index contributed by atoms with van der Waals surface area (Å²) >= 11 is 3.35. The first-order chi connectivity index (χ1) is 11.1. The van der Waals surface area contributed by atoms with Crippen molar-refractivity contribution in [3.8, 4) is 0 Å². The van der Waals surface area contributed by atoms with Crippen molar-refractivity contribution in [3.63, 3.8) is 0 Å². The molecule has 3 rings (SSSR count). The smallest absolute Gasteiger partial charge is 0.207 e. The molecule has 0 unspecified atom stereocenters. The molecule has 5 heteroatoms. The molecule has 1 heterocycles. The zero-order valence-corrected chi connectivity index (χ0v) is 15.3. The third-order valence-electron chi connectivity index (χ3n) is 4.40. The highest BCUT2D eigenvalue weighted by atomic mass is 79.9. The number of sulfonamides is 1. The molecule has 3 nitrogen and oxygen atoms in total. The number of piperidine rings is 1.